The van der Waals surface area contributed by atoms with Crippen LogP contribution in [0.25, 0.3) is 11.2 Å². The third-order valence-electron chi connectivity index (χ3n) is 7.66. The highest BCUT2D eigenvalue weighted by atomic mass is 16.6. The van der Waals surface area contributed by atoms with E-state index in [0.717, 1.165) is 25.7 Å². The zero-order valence-corrected chi connectivity index (χ0v) is 19.2. The van der Waals surface area contributed by atoms with Crippen molar-refractivity contribution in [1.29, 1.82) is 0 Å². The van der Waals surface area contributed by atoms with E-state index in [1.54, 1.807) is 4.57 Å². The molecule has 5 fully saturated rings. The summed E-state index contributed by atoms with van der Waals surface area (Å²) < 4.78 is 23.5. The number of hydrogen-bond donors (Lipinski definition) is 1. The third-order valence-corrected chi connectivity index (χ3v) is 7.66. The molecule has 5 aliphatic rings. The first-order chi connectivity index (χ1) is 16.0. The van der Waals surface area contributed by atoms with Crippen molar-refractivity contribution in [3.05, 3.63) is 26.7 Å². The number of imidazole rings is 1. The Hall–Kier alpha value is -2.01. The minimum Gasteiger partial charge on any atom is -0.388 e. The summed E-state index contributed by atoms with van der Waals surface area (Å²) in [6, 6.07) is 0. The van der Waals surface area contributed by atoms with Crippen LogP contribution in [0.2, 0.25) is 0 Å². The van der Waals surface area contributed by atoms with Crippen LogP contribution in [0.15, 0.2) is 9.59 Å². The van der Waals surface area contributed by atoms with Crippen molar-refractivity contribution in [1.82, 2.24) is 18.7 Å². The first-order valence-corrected chi connectivity index (χ1v) is 12.4. The maximum absolute atomic E-state index is 13.7. The molecule has 0 spiro atoms. The highest BCUT2D eigenvalue weighted by molar-refractivity contribution is 5.72. The molecule has 10 heteroatoms. The van der Waals surface area contributed by atoms with Gasteiger partial charge in [0.05, 0.1) is 12.2 Å². The molecule has 10 nitrogen and oxygen atoms in total. The molecule has 180 valence electrons. The first kappa shape index (κ1) is 21.5. The average Bonchev–Trinajstić information content (AvgIpc) is 3.42. The quantitative estimate of drug-likeness (QED) is 0.694. The first-order valence-electron chi connectivity index (χ1n) is 12.4. The molecule has 5 saturated heterocycles. The van der Waals surface area contributed by atoms with E-state index < -0.39 is 11.7 Å². The van der Waals surface area contributed by atoms with Gasteiger partial charge in [0, 0.05) is 32.5 Å². The monoisotopic (exact) mass is 460 g/mol. The van der Waals surface area contributed by atoms with Crippen LogP contribution in [0.5, 0.6) is 0 Å². The van der Waals surface area contributed by atoms with E-state index in [4.69, 9.17) is 19.2 Å². The number of hydrogen-bond acceptors (Lipinski definition) is 7. The Morgan fingerprint density at radius 3 is 2.52 bits per heavy atom. The van der Waals surface area contributed by atoms with E-state index in [2.05, 4.69) is 0 Å². The van der Waals surface area contributed by atoms with Gasteiger partial charge in [-0.3, -0.25) is 18.5 Å². The van der Waals surface area contributed by atoms with Crippen LogP contribution in [-0.2, 0) is 32.9 Å². The Morgan fingerprint density at radius 2 is 1.85 bits per heavy atom. The lowest BCUT2D eigenvalue weighted by atomic mass is 9.89. The molecule has 7 heterocycles. The maximum Gasteiger partial charge on any atom is 0.332 e. The predicted molar refractivity (Wildman–Crippen MR) is 118 cm³/mol. The van der Waals surface area contributed by atoms with Gasteiger partial charge in [-0.1, -0.05) is 13.8 Å². The summed E-state index contributed by atoms with van der Waals surface area (Å²) >= 11 is 0. The number of aryl methyl sites for hydroxylation is 1. The SMILES string of the molecule is CCCn1c(=O)c2c(nc(C34CC5OC(C3)C(O4)C5O)n2C2CCCCO2)n(CCC)c1=O. The van der Waals surface area contributed by atoms with Crippen LogP contribution in [0.3, 0.4) is 0 Å². The summed E-state index contributed by atoms with van der Waals surface area (Å²) in [4.78, 5) is 32.0. The van der Waals surface area contributed by atoms with Crippen molar-refractivity contribution < 1.29 is 19.3 Å². The third kappa shape index (κ3) is 2.97. The molecule has 0 aromatic carbocycles. The van der Waals surface area contributed by atoms with Gasteiger partial charge >= 0.3 is 5.69 Å². The van der Waals surface area contributed by atoms with E-state index in [1.807, 2.05) is 18.4 Å². The van der Waals surface area contributed by atoms with Gasteiger partial charge in [-0.15, -0.1) is 0 Å². The second kappa shape index (κ2) is 7.76. The van der Waals surface area contributed by atoms with Gasteiger partial charge in [0.25, 0.3) is 5.56 Å². The number of aliphatic hydroxyl groups excluding tert-OH is 1. The van der Waals surface area contributed by atoms with Crippen LogP contribution in [0.1, 0.15) is 70.8 Å². The Balaban J connectivity index is 1.63. The lowest BCUT2D eigenvalue weighted by Gasteiger charge is -2.39. The smallest absolute Gasteiger partial charge is 0.332 e. The van der Waals surface area contributed by atoms with Crippen LogP contribution in [0.4, 0.5) is 0 Å². The Labute approximate surface area is 191 Å². The van der Waals surface area contributed by atoms with Crippen molar-refractivity contribution in [3.63, 3.8) is 0 Å². The number of ether oxygens (including phenoxy) is 3. The lowest BCUT2D eigenvalue weighted by molar-refractivity contribution is -0.165. The lowest BCUT2D eigenvalue weighted by Crippen LogP contribution is -2.47. The van der Waals surface area contributed by atoms with E-state index in [9.17, 15) is 14.7 Å². The molecule has 1 N–H and O–H groups in total. The summed E-state index contributed by atoms with van der Waals surface area (Å²) in [5, 5.41) is 10.5. The molecule has 4 bridgehead atoms. The highest BCUT2D eigenvalue weighted by Gasteiger charge is 2.65. The van der Waals surface area contributed by atoms with Crippen molar-refractivity contribution >= 4 is 11.2 Å². The molecule has 6 atom stereocenters. The Kier molecular flexibility index (Phi) is 5.06. The van der Waals surface area contributed by atoms with Crippen molar-refractivity contribution in [2.75, 3.05) is 6.61 Å². The van der Waals surface area contributed by atoms with Gasteiger partial charge in [0.15, 0.2) is 11.2 Å². The van der Waals surface area contributed by atoms with E-state index >= 15 is 0 Å². The number of aliphatic hydroxyl groups is 1. The molecule has 6 unspecified atom stereocenters. The number of aromatic nitrogens is 4. The second-order valence-corrected chi connectivity index (χ2v) is 9.88. The minimum atomic E-state index is -0.758. The van der Waals surface area contributed by atoms with Gasteiger partial charge in [0.1, 0.15) is 29.9 Å². The molecule has 0 saturated carbocycles. The normalized spacial score (nSPS) is 35.2. The highest BCUT2D eigenvalue weighted by Crippen LogP contribution is 2.55. The number of rotatable bonds is 6. The van der Waals surface area contributed by atoms with Gasteiger partial charge in [-0.05, 0) is 32.1 Å². The van der Waals surface area contributed by atoms with Crippen LogP contribution in [-0.4, -0.2) is 54.8 Å². The number of nitrogens with zero attached hydrogens (tertiary/aromatic N) is 4. The Bertz CT molecular complexity index is 1190. The largest absolute Gasteiger partial charge is 0.388 e. The molecule has 0 aliphatic carbocycles. The van der Waals surface area contributed by atoms with Gasteiger partial charge < -0.3 is 19.3 Å². The summed E-state index contributed by atoms with van der Waals surface area (Å²) in [5.74, 6) is 0.632. The molecular weight excluding hydrogens is 428 g/mol. The topological polar surface area (TPSA) is 110 Å². The van der Waals surface area contributed by atoms with Crippen molar-refractivity contribution in [2.24, 2.45) is 0 Å². The molecule has 0 amide bonds. The summed E-state index contributed by atoms with van der Waals surface area (Å²) in [7, 11) is 0. The molecule has 7 rings (SSSR count). The molecular formula is C23H32N4O6. The molecule has 5 aliphatic heterocycles. The van der Waals surface area contributed by atoms with Crippen molar-refractivity contribution in [3.8, 4) is 0 Å². The van der Waals surface area contributed by atoms with Gasteiger partial charge in [0.2, 0.25) is 0 Å². The Morgan fingerprint density at radius 1 is 1.09 bits per heavy atom. The summed E-state index contributed by atoms with van der Waals surface area (Å²) in [5.41, 5.74) is -0.566. The summed E-state index contributed by atoms with van der Waals surface area (Å²) in [6.07, 6.45) is 3.34. The fraction of sp³-hybridized carbons (Fsp3) is 0.783. The molecule has 2 aromatic rings. The minimum absolute atomic E-state index is 0.186. The fourth-order valence-electron chi connectivity index (χ4n) is 6.25. The standard InChI is InChI=1S/C23H32N4O6/c1-3-8-25-19-16(20(29)26(9-4-2)22(25)30)27(15-7-5-6-10-31-15)21(24-19)23-11-13-17(28)18(33-23)14(12-23)32-13/h13-15,17-18,28H,3-12H2,1-2H3. The van der Waals surface area contributed by atoms with Gasteiger partial charge in [-0.25, -0.2) is 9.78 Å². The zero-order valence-electron chi connectivity index (χ0n) is 19.2. The van der Waals surface area contributed by atoms with E-state index in [-0.39, 0.29) is 35.8 Å². The number of fused-ring (bicyclic) bond motifs is 1. The van der Waals surface area contributed by atoms with E-state index in [1.165, 1.54) is 4.57 Å². The molecule has 33 heavy (non-hydrogen) atoms. The van der Waals surface area contributed by atoms with E-state index in [0.29, 0.717) is 55.9 Å². The van der Waals surface area contributed by atoms with Crippen molar-refractivity contribution in [2.45, 2.75) is 108 Å². The summed E-state index contributed by atoms with van der Waals surface area (Å²) in [6.45, 7) is 5.41. The van der Waals surface area contributed by atoms with Crippen LogP contribution >= 0.6 is 0 Å². The molecule has 0 radical (unpaired) electrons. The molecule has 2 aromatic heterocycles. The fourth-order valence-corrected chi connectivity index (χ4v) is 6.25. The second-order valence-electron chi connectivity index (χ2n) is 9.88. The van der Waals surface area contributed by atoms with Crippen LogP contribution < -0.4 is 11.2 Å². The maximum atomic E-state index is 13.7. The zero-order chi connectivity index (χ0) is 22.9. The van der Waals surface area contributed by atoms with Crippen LogP contribution in [0, 0.1) is 0 Å². The van der Waals surface area contributed by atoms with Gasteiger partial charge in [-0.2, -0.15) is 0 Å². The average molecular weight is 461 g/mol. The predicted octanol–water partition coefficient (Wildman–Crippen LogP) is 1.39.